The van der Waals surface area contributed by atoms with E-state index in [0.717, 1.165) is 27.8 Å². The minimum Gasteiger partial charge on any atom is -0.496 e. The molecule has 0 spiro atoms. The van der Waals surface area contributed by atoms with Crippen molar-refractivity contribution in [3.05, 3.63) is 72.3 Å². The zero-order chi connectivity index (χ0) is 19.2. The third-order valence-electron chi connectivity index (χ3n) is 4.65. The number of hydrogen-bond acceptors (Lipinski definition) is 3. The van der Waals surface area contributed by atoms with Crippen LogP contribution in [0, 0.1) is 0 Å². The molecule has 0 aliphatic carbocycles. The van der Waals surface area contributed by atoms with Gasteiger partial charge in [-0.2, -0.15) is 0 Å². The minimum atomic E-state index is -0.562. The number of ether oxygens (including phenoxy) is 2. The molecule has 0 heterocycles. The molecule has 1 N–H and O–H groups in total. The summed E-state index contributed by atoms with van der Waals surface area (Å²) in [4.78, 5) is 12.8. The van der Waals surface area contributed by atoms with Gasteiger partial charge in [0.25, 0.3) is 5.91 Å². The Morgan fingerprint density at radius 2 is 1.63 bits per heavy atom. The summed E-state index contributed by atoms with van der Waals surface area (Å²) in [5.41, 5.74) is 0.938. The van der Waals surface area contributed by atoms with Crippen LogP contribution in [0.1, 0.15) is 31.9 Å². The number of nitrogens with one attached hydrogen (secondary N) is 1. The maximum absolute atomic E-state index is 12.8. The molecule has 3 aromatic carbocycles. The first-order valence-electron chi connectivity index (χ1n) is 9.21. The van der Waals surface area contributed by atoms with E-state index in [0.29, 0.717) is 6.42 Å². The largest absolute Gasteiger partial charge is 0.496 e. The summed E-state index contributed by atoms with van der Waals surface area (Å²) >= 11 is 0. The highest BCUT2D eigenvalue weighted by Crippen LogP contribution is 2.27. The second-order valence-electron chi connectivity index (χ2n) is 6.46. The van der Waals surface area contributed by atoms with Crippen LogP contribution in [0.2, 0.25) is 0 Å². The van der Waals surface area contributed by atoms with Crippen LogP contribution < -0.4 is 14.8 Å². The maximum Gasteiger partial charge on any atom is 0.261 e. The summed E-state index contributed by atoms with van der Waals surface area (Å²) in [6, 6.07) is 21.4. The molecule has 2 atom stereocenters. The second kappa shape index (κ2) is 8.58. The predicted molar refractivity (Wildman–Crippen MR) is 108 cm³/mol. The van der Waals surface area contributed by atoms with Crippen LogP contribution in [-0.2, 0) is 4.79 Å². The number of amides is 1. The molecular formula is C23H25NO3. The van der Waals surface area contributed by atoms with Crippen molar-refractivity contribution in [2.75, 3.05) is 7.11 Å². The second-order valence-corrected chi connectivity index (χ2v) is 6.46. The Labute approximate surface area is 160 Å². The Kier molecular flexibility index (Phi) is 5.97. The van der Waals surface area contributed by atoms with E-state index in [9.17, 15) is 4.79 Å². The lowest BCUT2D eigenvalue weighted by atomic mass is 10.1. The Morgan fingerprint density at radius 3 is 2.41 bits per heavy atom. The number of hydrogen-bond donors (Lipinski definition) is 1. The van der Waals surface area contributed by atoms with Crippen LogP contribution in [0.15, 0.2) is 66.7 Å². The van der Waals surface area contributed by atoms with E-state index in [-0.39, 0.29) is 11.9 Å². The molecule has 0 fully saturated rings. The molecule has 140 valence electrons. The molecule has 4 heteroatoms. The Bertz CT molecular complexity index is 917. The summed E-state index contributed by atoms with van der Waals surface area (Å²) in [5, 5.41) is 5.14. The van der Waals surface area contributed by atoms with Crippen LogP contribution in [0.25, 0.3) is 10.8 Å². The standard InChI is InChI=1S/C23H25NO3/c1-4-20(27-22-15-9-11-17-10-5-6-13-19(17)22)23(25)24-16(2)18-12-7-8-14-21(18)26-3/h5-16,20H,4H2,1-3H3,(H,24,25)/t16-,20-/m0/s1. The van der Waals surface area contributed by atoms with Gasteiger partial charge in [-0.3, -0.25) is 4.79 Å². The lowest BCUT2D eigenvalue weighted by Crippen LogP contribution is -2.39. The van der Waals surface area contributed by atoms with Gasteiger partial charge in [-0.15, -0.1) is 0 Å². The molecule has 3 aromatic rings. The maximum atomic E-state index is 12.8. The van der Waals surface area contributed by atoms with Crippen molar-refractivity contribution in [1.82, 2.24) is 5.32 Å². The van der Waals surface area contributed by atoms with Gasteiger partial charge in [0.15, 0.2) is 6.10 Å². The van der Waals surface area contributed by atoms with Crippen LogP contribution in [0.3, 0.4) is 0 Å². The van der Waals surface area contributed by atoms with Crippen molar-refractivity contribution in [2.24, 2.45) is 0 Å². The average molecular weight is 363 g/mol. The lowest BCUT2D eigenvalue weighted by molar-refractivity contribution is -0.128. The highest BCUT2D eigenvalue weighted by Gasteiger charge is 2.22. The number of para-hydroxylation sites is 1. The van der Waals surface area contributed by atoms with E-state index in [2.05, 4.69) is 5.32 Å². The molecule has 0 unspecified atom stereocenters. The van der Waals surface area contributed by atoms with Crippen LogP contribution in [0.4, 0.5) is 0 Å². The molecule has 0 saturated carbocycles. The smallest absolute Gasteiger partial charge is 0.261 e. The van der Waals surface area contributed by atoms with Gasteiger partial charge in [0.1, 0.15) is 11.5 Å². The van der Waals surface area contributed by atoms with Crippen LogP contribution >= 0.6 is 0 Å². The number of benzene rings is 3. The van der Waals surface area contributed by atoms with Gasteiger partial charge >= 0.3 is 0 Å². The number of rotatable bonds is 7. The molecule has 0 bridgehead atoms. The highest BCUT2D eigenvalue weighted by atomic mass is 16.5. The van der Waals surface area contributed by atoms with Crippen molar-refractivity contribution in [3.8, 4) is 11.5 Å². The molecule has 0 aromatic heterocycles. The van der Waals surface area contributed by atoms with E-state index in [4.69, 9.17) is 9.47 Å². The number of carbonyl (C=O) groups excluding carboxylic acids is 1. The summed E-state index contributed by atoms with van der Waals surface area (Å²) in [5.74, 6) is 1.34. The fourth-order valence-electron chi connectivity index (χ4n) is 3.18. The minimum absolute atomic E-state index is 0.135. The number of fused-ring (bicyclic) bond motifs is 1. The zero-order valence-electron chi connectivity index (χ0n) is 15.9. The molecule has 0 radical (unpaired) electrons. The first kappa shape index (κ1) is 18.8. The van der Waals surface area contributed by atoms with Gasteiger partial charge in [-0.25, -0.2) is 0 Å². The van der Waals surface area contributed by atoms with E-state index >= 15 is 0 Å². The fraction of sp³-hybridized carbons (Fsp3) is 0.261. The van der Waals surface area contributed by atoms with Gasteiger partial charge in [0, 0.05) is 10.9 Å². The monoisotopic (exact) mass is 363 g/mol. The van der Waals surface area contributed by atoms with E-state index < -0.39 is 6.10 Å². The van der Waals surface area contributed by atoms with Gasteiger partial charge in [-0.1, -0.05) is 61.5 Å². The van der Waals surface area contributed by atoms with Crippen molar-refractivity contribution < 1.29 is 14.3 Å². The quantitative estimate of drug-likeness (QED) is 0.650. The molecular weight excluding hydrogens is 338 g/mol. The van der Waals surface area contributed by atoms with Crippen LogP contribution in [0.5, 0.6) is 11.5 Å². The normalized spacial score (nSPS) is 13.0. The summed E-state index contributed by atoms with van der Waals surface area (Å²) in [6.45, 7) is 3.89. The molecule has 1 amide bonds. The summed E-state index contributed by atoms with van der Waals surface area (Å²) in [6.07, 6.45) is 0.0150. The Balaban J connectivity index is 1.76. The molecule has 3 rings (SSSR count). The molecule has 0 saturated heterocycles. The van der Waals surface area contributed by atoms with E-state index in [1.54, 1.807) is 7.11 Å². The van der Waals surface area contributed by atoms with Crippen molar-refractivity contribution in [3.63, 3.8) is 0 Å². The van der Waals surface area contributed by atoms with E-state index in [1.807, 2.05) is 80.6 Å². The fourth-order valence-corrected chi connectivity index (χ4v) is 3.18. The third-order valence-corrected chi connectivity index (χ3v) is 4.65. The summed E-state index contributed by atoms with van der Waals surface area (Å²) in [7, 11) is 1.63. The first-order valence-corrected chi connectivity index (χ1v) is 9.21. The van der Waals surface area contributed by atoms with Gasteiger partial charge in [0.2, 0.25) is 0 Å². The molecule has 0 aliphatic heterocycles. The third kappa shape index (κ3) is 4.22. The lowest BCUT2D eigenvalue weighted by Gasteiger charge is -2.22. The average Bonchev–Trinajstić information content (AvgIpc) is 2.71. The van der Waals surface area contributed by atoms with Gasteiger partial charge in [-0.05, 0) is 30.9 Å². The topological polar surface area (TPSA) is 47.6 Å². The van der Waals surface area contributed by atoms with Crippen molar-refractivity contribution >= 4 is 16.7 Å². The highest BCUT2D eigenvalue weighted by molar-refractivity contribution is 5.89. The first-order chi connectivity index (χ1) is 13.1. The van der Waals surface area contributed by atoms with Gasteiger partial charge < -0.3 is 14.8 Å². The van der Waals surface area contributed by atoms with Crippen molar-refractivity contribution in [2.45, 2.75) is 32.4 Å². The van der Waals surface area contributed by atoms with Crippen LogP contribution in [-0.4, -0.2) is 19.1 Å². The predicted octanol–water partition coefficient (Wildman–Crippen LogP) is 4.88. The molecule has 4 nitrogen and oxygen atoms in total. The van der Waals surface area contributed by atoms with E-state index in [1.165, 1.54) is 0 Å². The number of methoxy groups -OCH3 is 1. The Morgan fingerprint density at radius 1 is 0.963 bits per heavy atom. The number of carbonyl (C=O) groups is 1. The molecule has 27 heavy (non-hydrogen) atoms. The molecule has 0 aliphatic rings. The Hall–Kier alpha value is -3.01. The van der Waals surface area contributed by atoms with Gasteiger partial charge in [0.05, 0.1) is 13.2 Å². The summed E-state index contributed by atoms with van der Waals surface area (Å²) < 4.78 is 11.5. The zero-order valence-corrected chi connectivity index (χ0v) is 15.9. The SMILES string of the molecule is CC[C@H](Oc1cccc2ccccc12)C(=O)N[C@@H](C)c1ccccc1OC. The van der Waals surface area contributed by atoms with Crippen molar-refractivity contribution in [1.29, 1.82) is 0 Å².